The summed E-state index contributed by atoms with van der Waals surface area (Å²) in [6, 6.07) is 2.29. The third kappa shape index (κ3) is 4.61. The zero-order valence-corrected chi connectivity index (χ0v) is 19.7. The van der Waals surface area contributed by atoms with E-state index in [1.165, 1.54) is 17.1 Å². The first-order valence-electron chi connectivity index (χ1n) is 10.8. The Morgan fingerprint density at radius 2 is 1.88 bits per heavy atom. The molecule has 1 aliphatic rings. The highest BCUT2D eigenvalue weighted by Gasteiger charge is 2.35. The Bertz CT molecular complexity index is 1210. The zero-order chi connectivity index (χ0) is 24.1. The molecule has 0 amide bonds. The summed E-state index contributed by atoms with van der Waals surface area (Å²) in [6.07, 6.45) is -0.941. The molecule has 0 fully saturated rings. The number of halogens is 3. The second-order valence-electron chi connectivity index (χ2n) is 9.26. The van der Waals surface area contributed by atoms with Crippen LogP contribution in [-0.4, -0.2) is 26.6 Å². The van der Waals surface area contributed by atoms with Crippen LogP contribution in [0.5, 0.6) is 0 Å². The van der Waals surface area contributed by atoms with Gasteiger partial charge in [-0.15, -0.1) is 11.3 Å². The van der Waals surface area contributed by atoms with E-state index in [1.54, 1.807) is 39.0 Å². The average Bonchev–Trinajstić information content (AvgIpc) is 3.07. The van der Waals surface area contributed by atoms with Crippen molar-refractivity contribution < 1.29 is 27.8 Å². The maximum absolute atomic E-state index is 13.1. The van der Waals surface area contributed by atoms with Crippen LogP contribution in [0.1, 0.15) is 67.1 Å². The van der Waals surface area contributed by atoms with E-state index >= 15 is 0 Å². The molecule has 0 unspecified atom stereocenters. The second-order valence-corrected chi connectivity index (χ2v) is 10.3. The van der Waals surface area contributed by atoms with Crippen LogP contribution in [0.4, 0.5) is 13.2 Å². The average molecular weight is 479 g/mol. The molecule has 33 heavy (non-hydrogen) atoms. The number of hydrogen-bond donors (Lipinski definition) is 1. The molecule has 0 saturated carbocycles. The van der Waals surface area contributed by atoms with E-state index in [1.807, 2.05) is 0 Å². The summed E-state index contributed by atoms with van der Waals surface area (Å²) in [5.41, 5.74) is 1.14. The third-order valence-electron chi connectivity index (χ3n) is 5.63. The number of nitrogens with zero attached hydrogens (tertiary/aromatic N) is 2. The minimum atomic E-state index is -4.56. The van der Waals surface area contributed by atoms with Gasteiger partial charge in [0.05, 0.1) is 5.60 Å². The Hall–Kier alpha value is -2.52. The largest absolute Gasteiger partial charge is 0.479 e. The lowest BCUT2D eigenvalue weighted by Gasteiger charge is -2.28. The maximum Gasteiger partial charge on any atom is 0.433 e. The van der Waals surface area contributed by atoms with Crippen molar-refractivity contribution in [2.45, 2.75) is 71.3 Å². The monoisotopic (exact) mass is 478 g/mol. The van der Waals surface area contributed by atoms with Crippen LogP contribution in [0.15, 0.2) is 18.3 Å². The predicted octanol–water partition coefficient (Wildman–Crippen LogP) is 6.51. The minimum absolute atomic E-state index is 0.359. The van der Waals surface area contributed by atoms with Gasteiger partial charge in [0.15, 0.2) is 6.10 Å². The van der Waals surface area contributed by atoms with Crippen LogP contribution in [0.25, 0.3) is 21.3 Å². The number of alkyl halides is 3. The smallest absolute Gasteiger partial charge is 0.433 e. The van der Waals surface area contributed by atoms with Crippen LogP contribution in [-0.2, 0) is 28.5 Å². The number of ether oxygens (including phenoxy) is 1. The molecule has 0 bridgehead atoms. The van der Waals surface area contributed by atoms with Gasteiger partial charge in [-0.2, -0.15) is 13.2 Å². The van der Waals surface area contributed by atoms with E-state index < -0.39 is 29.5 Å². The first-order chi connectivity index (χ1) is 15.4. The highest BCUT2D eigenvalue weighted by molar-refractivity contribution is 7.19. The molecule has 1 atom stereocenters. The summed E-state index contributed by atoms with van der Waals surface area (Å²) in [5, 5.41) is 10.9. The number of rotatable bonds is 4. The topological polar surface area (TPSA) is 72.3 Å². The standard InChI is InChI=1S/C24H25F3N2O3S/c1-12-17(20(22(30)31)32-23(2,3)4)18(13-9-10-16(28-11-13)24(25,26)27)19-14-7-5-6-8-15(14)33-21(19)29-12/h9-11,20H,5-8H2,1-4H3,(H,30,31)/t20-/m0/s1. The highest BCUT2D eigenvalue weighted by Crippen LogP contribution is 2.45. The number of carboxylic acid groups (broad SMARTS) is 1. The fourth-order valence-electron chi connectivity index (χ4n) is 4.33. The lowest BCUT2D eigenvalue weighted by Crippen LogP contribution is -2.28. The van der Waals surface area contributed by atoms with Crippen molar-refractivity contribution in [1.29, 1.82) is 0 Å². The van der Waals surface area contributed by atoms with Crippen molar-refractivity contribution in [3.8, 4) is 11.1 Å². The Kier molecular flexibility index (Phi) is 5.99. The summed E-state index contributed by atoms with van der Waals surface area (Å²) in [6.45, 7) is 7.00. The van der Waals surface area contributed by atoms with E-state index in [0.717, 1.165) is 47.5 Å². The molecule has 3 aromatic rings. The quantitative estimate of drug-likeness (QED) is 0.463. The molecule has 0 radical (unpaired) electrons. The molecule has 3 heterocycles. The number of thiophene rings is 1. The van der Waals surface area contributed by atoms with Gasteiger partial charge in [-0.05, 0) is 65.0 Å². The molecular formula is C24H25F3N2O3S. The van der Waals surface area contributed by atoms with Crippen molar-refractivity contribution in [2.24, 2.45) is 0 Å². The van der Waals surface area contributed by atoms with E-state index in [-0.39, 0.29) is 0 Å². The zero-order valence-electron chi connectivity index (χ0n) is 18.8. The lowest BCUT2D eigenvalue weighted by molar-refractivity contribution is -0.160. The number of hydrogen-bond acceptors (Lipinski definition) is 5. The molecule has 9 heteroatoms. The van der Waals surface area contributed by atoms with Gasteiger partial charge in [-0.3, -0.25) is 4.98 Å². The normalized spacial score (nSPS) is 15.5. The lowest BCUT2D eigenvalue weighted by atomic mass is 9.88. The molecule has 4 rings (SSSR count). The van der Waals surface area contributed by atoms with Gasteiger partial charge in [0.2, 0.25) is 0 Å². The van der Waals surface area contributed by atoms with Crippen LogP contribution in [0, 0.1) is 6.92 Å². The first kappa shape index (κ1) is 23.6. The molecule has 0 saturated heterocycles. The van der Waals surface area contributed by atoms with Crippen molar-refractivity contribution in [2.75, 3.05) is 0 Å². The molecule has 1 N–H and O–H groups in total. The number of aromatic nitrogens is 2. The van der Waals surface area contributed by atoms with Gasteiger partial charge in [0.1, 0.15) is 10.5 Å². The van der Waals surface area contributed by atoms with Gasteiger partial charge >= 0.3 is 12.1 Å². The number of aliphatic carboxylic acids is 1. The van der Waals surface area contributed by atoms with Gasteiger partial charge in [0.25, 0.3) is 0 Å². The van der Waals surface area contributed by atoms with Crippen molar-refractivity contribution in [3.63, 3.8) is 0 Å². The number of carbonyl (C=O) groups is 1. The van der Waals surface area contributed by atoms with Crippen LogP contribution in [0.3, 0.4) is 0 Å². The highest BCUT2D eigenvalue weighted by atomic mass is 32.1. The summed E-state index contributed by atoms with van der Waals surface area (Å²) in [7, 11) is 0. The number of pyridine rings is 2. The van der Waals surface area contributed by atoms with Crippen molar-refractivity contribution in [1.82, 2.24) is 9.97 Å². The molecule has 176 valence electrons. The Balaban J connectivity index is 2.05. The molecule has 0 aliphatic heterocycles. The van der Waals surface area contributed by atoms with E-state index in [9.17, 15) is 23.1 Å². The minimum Gasteiger partial charge on any atom is -0.479 e. The molecule has 0 aromatic carbocycles. The summed E-state index contributed by atoms with van der Waals surface area (Å²) < 4.78 is 45.4. The second kappa shape index (κ2) is 8.36. The van der Waals surface area contributed by atoms with Crippen LogP contribution in [0.2, 0.25) is 0 Å². The number of aryl methyl sites for hydroxylation is 3. The summed E-state index contributed by atoms with van der Waals surface area (Å²) in [4.78, 5) is 22.7. The van der Waals surface area contributed by atoms with Gasteiger partial charge < -0.3 is 9.84 Å². The molecule has 5 nitrogen and oxygen atoms in total. The van der Waals surface area contributed by atoms with Gasteiger partial charge in [-0.25, -0.2) is 9.78 Å². The van der Waals surface area contributed by atoms with E-state index in [0.29, 0.717) is 22.4 Å². The van der Waals surface area contributed by atoms with Crippen molar-refractivity contribution >= 4 is 27.5 Å². The first-order valence-corrected chi connectivity index (χ1v) is 11.6. The van der Waals surface area contributed by atoms with Crippen LogP contribution < -0.4 is 0 Å². The Labute approximate surface area is 193 Å². The molecule has 0 spiro atoms. The van der Waals surface area contributed by atoms with Crippen molar-refractivity contribution in [3.05, 3.63) is 45.7 Å². The molecule has 3 aromatic heterocycles. The number of carboxylic acids is 1. The van der Waals surface area contributed by atoms with E-state index in [4.69, 9.17) is 9.72 Å². The Morgan fingerprint density at radius 3 is 2.45 bits per heavy atom. The maximum atomic E-state index is 13.1. The SMILES string of the molecule is Cc1nc2sc3c(c2c(-c2ccc(C(F)(F)F)nc2)c1[C@H](OC(C)(C)C)C(=O)O)CCCC3. The molecular weight excluding hydrogens is 453 g/mol. The Morgan fingerprint density at radius 1 is 1.18 bits per heavy atom. The summed E-state index contributed by atoms with van der Waals surface area (Å²) >= 11 is 1.57. The van der Waals surface area contributed by atoms with Gasteiger partial charge in [-0.1, -0.05) is 6.07 Å². The fraction of sp³-hybridized carbons (Fsp3) is 0.458. The predicted molar refractivity (Wildman–Crippen MR) is 120 cm³/mol. The van der Waals surface area contributed by atoms with Gasteiger partial charge in [0, 0.05) is 38.8 Å². The third-order valence-corrected chi connectivity index (χ3v) is 6.82. The molecule has 1 aliphatic carbocycles. The van der Waals surface area contributed by atoms with Crippen LogP contribution >= 0.6 is 11.3 Å². The fourth-order valence-corrected chi connectivity index (χ4v) is 5.65. The summed E-state index contributed by atoms with van der Waals surface area (Å²) in [5.74, 6) is -1.18. The number of fused-ring (bicyclic) bond motifs is 3. The van der Waals surface area contributed by atoms with E-state index in [2.05, 4.69) is 4.98 Å².